The second kappa shape index (κ2) is 43.4. The van der Waals surface area contributed by atoms with E-state index in [1.165, 1.54) is 116 Å². The van der Waals surface area contributed by atoms with Crippen molar-refractivity contribution in [1.82, 2.24) is 0 Å². The molecule has 1 unspecified atom stereocenters. The van der Waals surface area contributed by atoms with E-state index in [4.69, 9.17) is 32.9 Å². The molecule has 456 valence electrons. The van der Waals surface area contributed by atoms with E-state index in [1.54, 1.807) is 0 Å². The Labute approximate surface area is 495 Å². The van der Waals surface area contributed by atoms with E-state index >= 15 is 0 Å². The van der Waals surface area contributed by atoms with Gasteiger partial charge in [0.1, 0.15) is 31.0 Å². The van der Waals surface area contributed by atoms with E-state index in [2.05, 4.69) is 13.8 Å². The summed E-state index contributed by atoms with van der Waals surface area (Å²) in [5, 5.41) is 0. The van der Waals surface area contributed by atoms with Crippen LogP contribution in [0.4, 0.5) is 0 Å². The molecule has 1 saturated carbocycles. The van der Waals surface area contributed by atoms with Gasteiger partial charge >= 0.3 is 19.5 Å². The van der Waals surface area contributed by atoms with Gasteiger partial charge in [-0.2, -0.15) is 0 Å². The van der Waals surface area contributed by atoms with E-state index in [0.29, 0.717) is 13.0 Å². The van der Waals surface area contributed by atoms with Crippen LogP contribution in [0.25, 0.3) is 0 Å². The number of carbonyl (C=O) groups is 2. The highest BCUT2D eigenvalue weighted by atomic mass is 31.2. The number of unbranched alkanes of at least 4 members (excludes halogenated alkanes) is 24. The van der Waals surface area contributed by atoms with Gasteiger partial charge in [0, 0.05) is 19.3 Å². The highest BCUT2D eigenvalue weighted by molar-refractivity contribution is 7.52. The minimum atomic E-state index is -4.54. The molecule has 0 bridgehead atoms. The van der Waals surface area contributed by atoms with Gasteiger partial charge < -0.3 is 33.3 Å². The third-order valence-corrected chi connectivity index (χ3v) is 17.1. The maximum absolute atomic E-state index is 14.8. The average Bonchev–Trinajstić information content (AvgIpc) is 2.96. The van der Waals surface area contributed by atoms with Gasteiger partial charge in [0.25, 0.3) is 0 Å². The number of hydrogen-bond acceptors (Lipinski definition) is 10. The van der Waals surface area contributed by atoms with E-state index < -0.39 is 50.2 Å². The SMILES string of the molecule is CCCCCCCCCCCCCCCC(=O)OC[C@H](CCP(=O)(O)O[C@H]1[C@H](OCc2ccccc2)[C@@H](OCc2ccccc2)[C@H](OCc2ccccc2)C[C@H]1OCc1ccccc1)OC(=O)CCCCCCCCCCCCCCC. The molecule has 0 spiro atoms. The van der Waals surface area contributed by atoms with E-state index in [1.807, 2.05) is 121 Å². The summed E-state index contributed by atoms with van der Waals surface area (Å²) in [4.78, 5) is 38.8. The Bertz CT molecular complexity index is 2230. The lowest BCUT2D eigenvalue weighted by Gasteiger charge is -2.46. The highest BCUT2D eigenvalue weighted by Gasteiger charge is 2.51. The van der Waals surface area contributed by atoms with Crippen LogP contribution in [-0.4, -0.2) is 66.2 Å². The Morgan fingerprint density at radius 1 is 0.439 bits per heavy atom. The molecule has 11 nitrogen and oxygen atoms in total. The van der Waals surface area contributed by atoms with Gasteiger partial charge in [-0.25, -0.2) is 0 Å². The molecule has 4 aromatic rings. The molecule has 1 fully saturated rings. The molecule has 1 aliphatic carbocycles. The zero-order valence-corrected chi connectivity index (χ0v) is 51.3. The largest absolute Gasteiger partial charge is 0.462 e. The normalized spacial score (nSPS) is 18.2. The summed E-state index contributed by atoms with van der Waals surface area (Å²) in [5.74, 6) is -0.779. The van der Waals surface area contributed by atoms with Crippen molar-refractivity contribution in [3.63, 3.8) is 0 Å². The van der Waals surface area contributed by atoms with Crippen molar-refractivity contribution in [2.45, 2.75) is 270 Å². The fourth-order valence-corrected chi connectivity index (χ4v) is 12.2. The Balaban J connectivity index is 1.26. The third kappa shape index (κ3) is 30.6. The number of esters is 2. The molecule has 5 rings (SSSR count). The van der Waals surface area contributed by atoms with Crippen LogP contribution in [0.3, 0.4) is 0 Å². The van der Waals surface area contributed by atoms with Gasteiger partial charge in [-0.05, 0) is 41.5 Å². The lowest BCUT2D eigenvalue weighted by atomic mass is 9.86. The maximum Gasteiger partial charge on any atom is 0.328 e. The van der Waals surface area contributed by atoms with E-state index in [9.17, 15) is 19.0 Å². The molecule has 82 heavy (non-hydrogen) atoms. The number of rotatable bonds is 48. The summed E-state index contributed by atoms with van der Waals surface area (Å²) in [5.41, 5.74) is 3.75. The monoisotopic (exact) mass is 1150 g/mol. The van der Waals surface area contributed by atoms with Crippen molar-refractivity contribution < 1.29 is 52.0 Å². The summed E-state index contributed by atoms with van der Waals surface area (Å²) >= 11 is 0. The Morgan fingerprint density at radius 2 is 0.768 bits per heavy atom. The van der Waals surface area contributed by atoms with E-state index in [0.717, 1.165) is 67.2 Å². The smallest absolute Gasteiger partial charge is 0.328 e. The van der Waals surface area contributed by atoms with Crippen molar-refractivity contribution in [1.29, 1.82) is 0 Å². The minimum Gasteiger partial charge on any atom is -0.462 e. The summed E-state index contributed by atoms with van der Waals surface area (Å²) in [6, 6.07) is 39.3. The van der Waals surface area contributed by atoms with Crippen LogP contribution in [0.1, 0.15) is 229 Å². The summed E-state index contributed by atoms with van der Waals surface area (Å²) in [6.07, 6.45) is 26.4. The summed E-state index contributed by atoms with van der Waals surface area (Å²) < 4.78 is 60.3. The fourth-order valence-electron chi connectivity index (χ4n) is 10.8. The van der Waals surface area contributed by atoms with Gasteiger partial charge in [0.05, 0.1) is 44.8 Å². The zero-order chi connectivity index (χ0) is 58.0. The van der Waals surface area contributed by atoms with Gasteiger partial charge in [0.15, 0.2) is 0 Å². The number of ether oxygens (including phenoxy) is 6. The van der Waals surface area contributed by atoms with Crippen molar-refractivity contribution >= 4 is 19.5 Å². The molecule has 1 N–H and O–H groups in total. The van der Waals surface area contributed by atoms with Gasteiger partial charge in [-0.1, -0.05) is 289 Å². The van der Waals surface area contributed by atoms with Crippen LogP contribution >= 0.6 is 7.60 Å². The standard InChI is InChI=1S/C70H105O11P/c1-3-5-7-9-11-13-15-17-19-21-23-25-39-49-66(71)77-58-63(80-67(72)50-40-26-24-22-20-18-16-14-12-10-8-6-4-2)51-52-82(73,74)81-69-65(76-55-60-43-33-28-34-44-60)53-64(75-54-59-41-31-27-32-42-59)68(78-56-61-45-35-29-36-46-61)70(69)79-57-62-47-37-30-38-48-62/h27-38,41-48,63-65,68-70H,3-26,39-40,49-58H2,1-2H3,(H,73,74)/t63-,64+,65+,68-,69+,70+/m0/s1. The molecule has 0 radical (unpaired) electrons. The molecule has 4 aromatic carbocycles. The molecule has 0 aliphatic heterocycles. The Kier molecular flexibility index (Phi) is 36.3. The summed E-state index contributed by atoms with van der Waals surface area (Å²) in [7, 11) is -4.54. The third-order valence-electron chi connectivity index (χ3n) is 15.7. The molecular weight excluding hydrogens is 1050 g/mol. The van der Waals surface area contributed by atoms with Crippen molar-refractivity contribution in [2.24, 2.45) is 0 Å². The highest BCUT2D eigenvalue weighted by Crippen LogP contribution is 2.48. The molecule has 1 aliphatic rings. The second-order valence-electron chi connectivity index (χ2n) is 22.9. The molecule has 0 aromatic heterocycles. The molecule has 7 atom stereocenters. The lowest BCUT2D eigenvalue weighted by molar-refractivity contribution is -0.232. The first-order valence-electron chi connectivity index (χ1n) is 32.2. The predicted molar refractivity (Wildman–Crippen MR) is 330 cm³/mol. The zero-order valence-electron chi connectivity index (χ0n) is 50.4. The Hall–Kier alpha value is -4.19. The topological polar surface area (TPSA) is 136 Å². The van der Waals surface area contributed by atoms with Crippen molar-refractivity contribution in [3.05, 3.63) is 144 Å². The summed E-state index contributed by atoms with van der Waals surface area (Å²) in [6.45, 7) is 5.17. The first-order chi connectivity index (χ1) is 40.2. The quantitative estimate of drug-likeness (QED) is 0.0257. The van der Waals surface area contributed by atoms with Crippen molar-refractivity contribution in [2.75, 3.05) is 12.8 Å². The average molecular weight is 1150 g/mol. The van der Waals surface area contributed by atoms with Crippen LogP contribution in [0, 0.1) is 0 Å². The number of hydrogen-bond donors (Lipinski definition) is 1. The number of carbonyl (C=O) groups excluding carboxylic acids is 2. The first-order valence-corrected chi connectivity index (χ1v) is 34.0. The van der Waals surface area contributed by atoms with Crippen LogP contribution in [0.15, 0.2) is 121 Å². The molecular formula is C70H105O11P. The fraction of sp³-hybridized carbons (Fsp3) is 0.629. The molecule has 0 heterocycles. The molecule has 12 heteroatoms. The minimum absolute atomic E-state index is 0.0707. The first kappa shape index (κ1) is 68.6. The molecule has 0 saturated heterocycles. The molecule has 0 amide bonds. The number of benzene rings is 4. The Morgan fingerprint density at radius 3 is 1.16 bits per heavy atom. The van der Waals surface area contributed by atoms with Crippen LogP contribution < -0.4 is 0 Å². The second-order valence-corrected chi connectivity index (χ2v) is 24.9. The van der Waals surface area contributed by atoms with Gasteiger partial charge in [-0.3, -0.25) is 18.7 Å². The van der Waals surface area contributed by atoms with Gasteiger partial charge in [0.2, 0.25) is 0 Å². The van der Waals surface area contributed by atoms with E-state index in [-0.39, 0.29) is 64.2 Å². The lowest BCUT2D eigenvalue weighted by Crippen LogP contribution is -2.59. The van der Waals surface area contributed by atoms with Crippen LogP contribution in [0.5, 0.6) is 0 Å². The van der Waals surface area contributed by atoms with Gasteiger partial charge in [-0.15, -0.1) is 0 Å². The van der Waals surface area contributed by atoms with Crippen LogP contribution in [0.2, 0.25) is 0 Å². The maximum atomic E-state index is 14.8. The predicted octanol–water partition coefficient (Wildman–Crippen LogP) is 18.1. The van der Waals surface area contributed by atoms with Crippen LogP contribution in [-0.2, 0) is 73.5 Å². The van der Waals surface area contributed by atoms with Crippen molar-refractivity contribution in [3.8, 4) is 0 Å².